The molecule has 2 heterocycles. The summed E-state index contributed by atoms with van der Waals surface area (Å²) >= 11 is 0. The third-order valence-corrected chi connectivity index (χ3v) is 6.07. The quantitative estimate of drug-likeness (QED) is 0.724. The highest BCUT2D eigenvalue weighted by atomic mass is 19.1. The summed E-state index contributed by atoms with van der Waals surface area (Å²) in [5.74, 6) is -0.0620. The van der Waals surface area contributed by atoms with Gasteiger partial charge in [-0.25, -0.2) is 9.18 Å². The lowest BCUT2D eigenvalue weighted by molar-refractivity contribution is -0.132. The van der Waals surface area contributed by atoms with Gasteiger partial charge >= 0.3 is 6.09 Å². The zero-order chi connectivity index (χ0) is 23.1. The second-order valence-corrected chi connectivity index (χ2v) is 9.66. The van der Waals surface area contributed by atoms with E-state index in [1.165, 1.54) is 12.1 Å². The van der Waals surface area contributed by atoms with Gasteiger partial charge in [0.2, 0.25) is 5.91 Å². The van der Waals surface area contributed by atoms with Crippen LogP contribution >= 0.6 is 0 Å². The standard InChI is InChI=1S/C24H37FN4O3/c1-24(2,3)32-23(31)26-18-21-6-4-5-12-27(21)13-11-22(30)29-16-14-28(15-17-29)20-9-7-19(25)8-10-20/h7-10,21H,4-6,11-18H2,1-3H3,(H,26,31). The van der Waals surface area contributed by atoms with Crippen LogP contribution in [0.5, 0.6) is 0 Å². The molecule has 0 aromatic heterocycles. The van der Waals surface area contributed by atoms with Crippen LogP contribution in [0.2, 0.25) is 0 Å². The average Bonchev–Trinajstić information content (AvgIpc) is 2.76. The van der Waals surface area contributed by atoms with Crippen molar-refractivity contribution in [2.24, 2.45) is 0 Å². The number of nitrogens with zero attached hydrogens (tertiary/aromatic N) is 3. The summed E-state index contributed by atoms with van der Waals surface area (Å²) in [7, 11) is 0. The zero-order valence-corrected chi connectivity index (χ0v) is 19.6. The normalized spacial score (nSPS) is 20.2. The van der Waals surface area contributed by atoms with E-state index in [9.17, 15) is 14.0 Å². The van der Waals surface area contributed by atoms with Crippen molar-refractivity contribution in [3.05, 3.63) is 30.1 Å². The molecule has 7 nitrogen and oxygen atoms in total. The van der Waals surface area contributed by atoms with Gasteiger partial charge in [-0.15, -0.1) is 0 Å². The molecular weight excluding hydrogens is 411 g/mol. The number of amides is 2. The van der Waals surface area contributed by atoms with Crippen molar-refractivity contribution in [1.29, 1.82) is 0 Å². The molecule has 1 atom stereocenters. The van der Waals surface area contributed by atoms with E-state index in [2.05, 4.69) is 15.1 Å². The largest absolute Gasteiger partial charge is 0.444 e. The topological polar surface area (TPSA) is 65.1 Å². The van der Waals surface area contributed by atoms with E-state index in [-0.39, 0.29) is 17.8 Å². The number of hydrogen-bond acceptors (Lipinski definition) is 5. The van der Waals surface area contributed by atoms with Crippen LogP contribution in [-0.4, -0.2) is 79.3 Å². The smallest absolute Gasteiger partial charge is 0.407 e. The lowest BCUT2D eigenvalue weighted by Gasteiger charge is -2.38. The molecule has 0 spiro atoms. The van der Waals surface area contributed by atoms with Gasteiger partial charge in [-0.3, -0.25) is 9.69 Å². The molecule has 178 valence electrons. The Morgan fingerprint density at radius 2 is 1.75 bits per heavy atom. The summed E-state index contributed by atoms with van der Waals surface area (Å²) in [5, 5.41) is 2.89. The number of ether oxygens (including phenoxy) is 1. The first kappa shape index (κ1) is 24.3. The molecule has 2 aliphatic heterocycles. The highest BCUT2D eigenvalue weighted by molar-refractivity contribution is 5.76. The number of carbonyl (C=O) groups is 2. The fourth-order valence-electron chi connectivity index (χ4n) is 4.36. The Kier molecular flexibility index (Phi) is 8.34. The van der Waals surface area contributed by atoms with Gasteiger partial charge < -0.3 is 19.9 Å². The molecule has 2 fully saturated rings. The Balaban J connectivity index is 1.42. The molecule has 0 radical (unpaired) electrons. The maximum absolute atomic E-state index is 13.1. The minimum Gasteiger partial charge on any atom is -0.444 e. The van der Waals surface area contributed by atoms with Crippen molar-refractivity contribution in [3.8, 4) is 0 Å². The lowest BCUT2D eigenvalue weighted by atomic mass is 10.0. The number of halogens is 1. The van der Waals surface area contributed by atoms with Crippen LogP contribution in [0.3, 0.4) is 0 Å². The highest BCUT2D eigenvalue weighted by Crippen LogP contribution is 2.19. The molecule has 2 saturated heterocycles. The molecule has 1 aromatic rings. The lowest BCUT2D eigenvalue weighted by Crippen LogP contribution is -2.51. The third kappa shape index (κ3) is 7.36. The van der Waals surface area contributed by atoms with Crippen LogP contribution in [0.4, 0.5) is 14.9 Å². The van der Waals surface area contributed by atoms with Crippen LogP contribution in [0.15, 0.2) is 24.3 Å². The van der Waals surface area contributed by atoms with Gasteiger partial charge in [-0.1, -0.05) is 6.42 Å². The number of alkyl carbamates (subject to hydrolysis) is 1. The molecular formula is C24H37FN4O3. The Hall–Kier alpha value is -2.35. The van der Waals surface area contributed by atoms with E-state index >= 15 is 0 Å². The molecule has 0 saturated carbocycles. The van der Waals surface area contributed by atoms with Crippen molar-refractivity contribution < 1.29 is 18.7 Å². The van der Waals surface area contributed by atoms with Crippen LogP contribution in [0.1, 0.15) is 46.5 Å². The average molecular weight is 449 g/mol. The molecule has 2 amide bonds. The number of piperidine rings is 1. The summed E-state index contributed by atoms with van der Waals surface area (Å²) in [5.41, 5.74) is 0.482. The molecule has 1 N–H and O–H groups in total. The minimum atomic E-state index is -0.510. The van der Waals surface area contributed by atoms with Crippen molar-refractivity contribution in [2.75, 3.05) is 50.7 Å². The summed E-state index contributed by atoms with van der Waals surface area (Å²) in [4.78, 5) is 31.2. The number of carbonyl (C=O) groups excluding carboxylic acids is 2. The number of hydrogen-bond donors (Lipinski definition) is 1. The monoisotopic (exact) mass is 448 g/mol. The summed E-state index contributed by atoms with van der Waals surface area (Å²) in [6, 6.07) is 6.75. The van der Waals surface area contributed by atoms with Gasteiger partial charge in [-0.05, 0) is 64.4 Å². The minimum absolute atomic E-state index is 0.174. The van der Waals surface area contributed by atoms with Gasteiger partial charge in [0.05, 0.1) is 0 Å². The van der Waals surface area contributed by atoms with E-state index < -0.39 is 11.7 Å². The van der Waals surface area contributed by atoms with Gasteiger partial charge in [0.1, 0.15) is 11.4 Å². The molecule has 1 aromatic carbocycles. The van der Waals surface area contributed by atoms with E-state index in [4.69, 9.17) is 4.74 Å². The number of anilines is 1. The zero-order valence-electron chi connectivity index (χ0n) is 19.6. The molecule has 3 rings (SSSR count). The summed E-state index contributed by atoms with van der Waals surface area (Å²) in [6.45, 7) is 10.6. The van der Waals surface area contributed by atoms with Crippen molar-refractivity contribution in [2.45, 2.75) is 58.1 Å². The van der Waals surface area contributed by atoms with Gasteiger partial charge in [-0.2, -0.15) is 0 Å². The first-order chi connectivity index (χ1) is 15.2. The van der Waals surface area contributed by atoms with Crippen molar-refractivity contribution >= 4 is 17.7 Å². The predicted molar refractivity (Wildman–Crippen MR) is 123 cm³/mol. The number of rotatable bonds is 6. The number of nitrogens with one attached hydrogen (secondary N) is 1. The van der Waals surface area contributed by atoms with E-state index in [0.29, 0.717) is 32.6 Å². The van der Waals surface area contributed by atoms with E-state index in [1.54, 1.807) is 12.1 Å². The maximum atomic E-state index is 13.1. The first-order valence-electron chi connectivity index (χ1n) is 11.7. The fraction of sp³-hybridized carbons (Fsp3) is 0.667. The Labute approximate surface area is 190 Å². The van der Waals surface area contributed by atoms with Crippen LogP contribution in [0, 0.1) is 5.82 Å². The molecule has 0 bridgehead atoms. The second-order valence-electron chi connectivity index (χ2n) is 9.66. The van der Waals surface area contributed by atoms with Crippen LogP contribution < -0.4 is 10.2 Å². The molecule has 8 heteroatoms. The Bertz CT molecular complexity index is 758. The van der Waals surface area contributed by atoms with E-state index in [0.717, 1.165) is 44.6 Å². The molecule has 1 unspecified atom stereocenters. The number of likely N-dealkylation sites (tertiary alicyclic amines) is 1. The fourth-order valence-corrected chi connectivity index (χ4v) is 4.36. The number of piperazine rings is 1. The Morgan fingerprint density at radius 1 is 1.06 bits per heavy atom. The number of benzene rings is 1. The van der Waals surface area contributed by atoms with Gasteiger partial charge in [0, 0.05) is 57.4 Å². The third-order valence-electron chi connectivity index (χ3n) is 6.07. The predicted octanol–water partition coefficient (Wildman–Crippen LogP) is 3.24. The second kappa shape index (κ2) is 11.0. The molecule has 32 heavy (non-hydrogen) atoms. The Morgan fingerprint density at radius 3 is 2.41 bits per heavy atom. The highest BCUT2D eigenvalue weighted by Gasteiger charge is 2.26. The van der Waals surface area contributed by atoms with Crippen molar-refractivity contribution in [3.63, 3.8) is 0 Å². The molecule has 0 aliphatic carbocycles. The van der Waals surface area contributed by atoms with Gasteiger partial charge in [0.25, 0.3) is 0 Å². The van der Waals surface area contributed by atoms with Crippen LogP contribution in [0.25, 0.3) is 0 Å². The maximum Gasteiger partial charge on any atom is 0.407 e. The van der Waals surface area contributed by atoms with Crippen LogP contribution in [-0.2, 0) is 9.53 Å². The summed E-state index contributed by atoms with van der Waals surface area (Å²) in [6.07, 6.45) is 3.36. The van der Waals surface area contributed by atoms with Crippen molar-refractivity contribution in [1.82, 2.24) is 15.1 Å². The summed E-state index contributed by atoms with van der Waals surface area (Å²) < 4.78 is 18.5. The van der Waals surface area contributed by atoms with Gasteiger partial charge in [0.15, 0.2) is 0 Å². The molecule has 2 aliphatic rings. The van der Waals surface area contributed by atoms with E-state index in [1.807, 2.05) is 25.7 Å². The SMILES string of the molecule is CC(C)(C)OC(=O)NCC1CCCCN1CCC(=O)N1CCN(c2ccc(F)cc2)CC1. The first-order valence-corrected chi connectivity index (χ1v) is 11.7.